The largest absolute Gasteiger partial charge is 0.495 e. The van der Waals surface area contributed by atoms with Crippen LogP contribution in [0.1, 0.15) is 15.9 Å². The van der Waals surface area contributed by atoms with Crippen molar-refractivity contribution in [2.75, 3.05) is 18.7 Å². The maximum absolute atomic E-state index is 12.3. The van der Waals surface area contributed by atoms with E-state index < -0.39 is 15.7 Å². The number of methoxy groups -OCH3 is 1. The molecule has 0 fully saturated rings. The summed E-state index contributed by atoms with van der Waals surface area (Å²) in [7, 11) is -2.14. The molecule has 5 nitrogen and oxygen atoms in total. The van der Waals surface area contributed by atoms with Gasteiger partial charge < -0.3 is 10.1 Å². The quantitative estimate of drug-likeness (QED) is 0.915. The van der Waals surface area contributed by atoms with Gasteiger partial charge in [-0.3, -0.25) is 4.79 Å². The van der Waals surface area contributed by atoms with Gasteiger partial charge in [0, 0.05) is 22.5 Å². The number of aryl methyl sites for hydroxylation is 1. The van der Waals surface area contributed by atoms with Crippen molar-refractivity contribution in [1.29, 1.82) is 0 Å². The fourth-order valence-electron chi connectivity index (χ4n) is 1.98. The van der Waals surface area contributed by atoms with Crippen LogP contribution in [0, 0.1) is 6.92 Å². The Bertz CT molecular complexity index is 862. The zero-order valence-electron chi connectivity index (χ0n) is 12.9. The van der Waals surface area contributed by atoms with Gasteiger partial charge in [0.05, 0.1) is 7.11 Å². The molecule has 0 aromatic heterocycles. The van der Waals surface area contributed by atoms with Gasteiger partial charge in [-0.25, -0.2) is 8.42 Å². The first-order valence-corrected chi connectivity index (χ1v) is 8.95. The van der Waals surface area contributed by atoms with Gasteiger partial charge in [-0.15, -0.1) is 0 Å². The molecule has 0 bridgehead atoms. The van der Waals surface area contributed by atoms with Crippen LogP contribution in [0.4, 0.5) is 5.69 Å². The molecule has 2 aromatic rings. The van der Waals surface area contributed by atoms with Gasteiger partial charge in [0.1, 0.15) is 10.6 Å². The number of anilines is 1. The van der Waals surface area contributed by atoms with E-state index in [0.717, 1.165) is 11.8 Å². The number of amides is 1. The van der Waals surface area contributed by atoms with Gasteiger partial charge in [0.25, 0.3) is 5.91 Å². The molecule has 0 saturated heterocycles. The van der Waals surface area contributed by atoms with Crippen LogP contribution in [0.3, 0.4) is 0 Å². The normalized spacial score (nSPS) is 11.1. The van der Waals surface area contributed by atoms with Gasteiger partial charge in [0.2, 0.25) is 0 Å². The van der Waals surface area contributed by atoms with Crippen LogP contribution in [0.25, 0.3) is 0 Å². The van der Waals surface area contributed by atoms with Crippen molar-refractivity contribution in [3.8, 4) is 5.75 Å². The molecule has 0 saturated carbocycles. The Kier molecular flexibility index (Phi) is 4.97. The summed E-state index contributed by atoms with van der Waals surface area (Å²) in [6.07, 6.45) is 1.06. The third-order valence-electron chi connectivity index (χ3n) is 3.25. The molecular weight excluding hydrogens is 338 g/mol. The van der Waals surface area contributed by atoms with Crippen molar-refractivity contribution >= 4 is 33.0 Å². The minimum Gasteiger partial charge on any atom is -0.495 e. The van der Waals surface area contributed by atoms with Crippen LogP contribution in [-0.4, -0.2) is 27.7 Å². The van der Waals surface area contributed by atoms with Gasteiger partial charge in [-0.05, 0) is 42.8 Å². The van der Waals surface area contributed by atoms with Crippen LogP contribution in [0.15, 0.2) is 41.3 Å². The molecule has 23 heavy (non-hydrogen) atoms. The Labute approximate surface area is 140 Å². The topological polar surface area (TPSA) is 72.5 Å². The monoisotopic (exact) mass is 353 g/mol. The lowest BCUT2D eigenvalue weighted by Crippen LogP contribution is -2.13. The van der Waals surface area contributed by atoms with Crippen molar-refractivity contribution in [1.82, 2.24) is 0 Å². The molecule has 2 rings (SSSR count). The lowest BCUT2D eigenvalue weighted by atomic mass is 10.2. The number of halogens is 1. The second-order valence-electron chi connectivity index (χ2n) is 5.06. The summed E-state index contributed by atoms with van der Waals surface area (Å²) in [5.74, 6) is -0.236. The highest BCUT2D eigenvalue weighted by atomic mass is 35.5. The highest BCUT2D eigenvalue weighted by Gasteiger charge is 2.17. The summed E-state index contributed by atoms with van der Waals surface area (Å²) in [6.45, 7) is 1.86. The lowest BCUT2D eigenvalue weighted by molar-refractivity contribution is 0.102. The van der Waals surface area contributed by atoms with Gasteiger partial charge in [-0.2, -0.15) is 0 Å². The van der Waals surface area contributed by atoms with Crippen LogP contribution in [0.5, 0.6) is 5.75 Å². The number of carbonyl (C=O) groups is 1. The summed E-state index contributed by atoms with van der Waals surface area (Å²) in [5.41, 5.74) is 1.64. The van der Waals surface area contributed by atoms with Crippen molar-refractivity contribution in [2.24, 2.45) is 0 Å². The number of carbonyl (C=O) groups excluding carboxylic acids is 1. The molecule has 0 radical (unpaired) electrons. The molecule has 0 aliphatic rings. The SMILES string of the molecule is COc1ccc(C(=O)Nc2ccc(C)c(Cl)c2)cc1S(C)(=O)=O. The zero-order valence-corrected chi connectivity index (χ0v) is 14.5. The van der Waals surface area contributed by atoms with Gasteiger partial charge in [0.15, 0.2) is 9.84 Å². The van der Waals surface area contributed by atoms with E-state index in [-0.39, 0.29) is 16.2 Å². The standard InChI is InChI=1S/C16H16ClNO4S/c1-10-4-6-12(9-13(10)17)18-16(19)11-5-7-14(22-2)15(8-11)23(3,20)21/h4-9H,1-3H3,(H,18,19). The first-order chi connectivity index (χ1) is 10.7. The number of hydrogen-bond acceptors (Lipinski definition) is 4. The Balaban J connectivity index is 2.34. The highest BCUT2D eigenvalue weighted by molar-refractivity contribution is 7.90. The first kappa shape index (κ1) is 17.3. The highest BCUT2D eigenvalue weighted by Crippen LogP contribution is 2.26. The maximum atomic E-state index is 12.3. The second kappa shape index (κ2) is 6.60. The summed E-state index contributed by atoms with van der Waals surface area (Å²) in [6, 6.07) is 9.38. The first-order valence-electron chi connectivity index (χ1n) is 6.68. The van der Waals surface area contributed by atoms with Crippen molar-refractivity contribution in [3.63, 3.8) is 0 Å². The van der Waals surface area contributed by atoms with E-state index in [0.29, 0.717) is 10.7 Å². The number of ether oxygens (including phenoxy) is 1. The number of nitrogens with one attached hydrogen (secondary N) is 1. The molecule has 0 atom stereocenters. The molecule has 0 unspecified atom stereocenters. The van der Waals surface area contributed by atoms with Gasteiger partial charge >= 0.3 is 0 Å². The molecule has 0 aliphatic heterocycles. The van der Waals surface area contributed by atoms with Crippen LogP contribution >= 0.6 is 11.6 Å². The minimum absolute atomic E-state index is 0.0328. The number of rotatable bonds is 4. The van der Waals surface area contributed by atoms with E-state index >= 15 is 0 Å². The lowest BCUT2D eigenvalue weighted by Gasteiger charge is -2.10. The molecule has 0 spiro atoms. The van der Waals surface area contributed by atoms with E-state index in [1.165, 1.54) is 25.3 Å². The van der Waals surface area contributed by atoms with Crippen LogP contribution in [0.2, 0.25) is 5.02 Å². The molecule has 0 aliphatic carbocycles. The Morgan fingerprint density at radius 2 is 1.87 bits per heavy atom. The molecule has 0 heterocycles. The second-order valence-corrected chi connectivity index (χ2v) is 7.45. The van der Waals surface area contributed by atoms with Crippen molar-refractivity contribution in [3.05, 3.63) is 52.5 Å². The Morgan fingerprint density at radius 1 is 1.17 bits per heavy atom. The molecule has 7 heteroatoms. The average Bonchev–Trinajstić information content (AvgIpc) is 2.49. The number of sulfone groups is 1. The predicted molar refractivity (Wildman–Crippen MR) is 90.2 cm³/mol. The summed E-state index contributed by atoms with van der Waals surface area (Å²) in [5, 5.41) is 3.22. The molecule has 122 valence electrons. The fourth-order valence-corrected chi connectivity index (χ4v) is 3.02. The minimum atomic E-state index is -3.51. The predicted octanol–water partition coefficient (Wildman–Crippen LogP) is 3.31. The fraction of sp³-hybridized carbons (Fsp3) is 0.188. The van der Waals surface area contributed by atoms with Crippen molar-refractivity contribution < 1.29 is 17.9 Å². The summed E-state index contributed by atoms with van der Waals surface area (Å²) in [4.78, 5) is 12.3. The van der Waals surface area contributed by atoms with E-state index in [2.05, 4.69) is 5.32 Å². The Morgan fingerprint density at radius 3 is 2.43 bits per heavy atom. The van der Waals surface area contributed by atoms with Crippen molar-refractivity contribution in [2.45, 2.75) is 11.8 Å². The zero-order chi connectivity index (χ0) is 17.2. The summed E-state index contributed by atoms with van der Waals surface area (Å²) >= 11 is 6.02. The molecule has 2 aromatic carbocycles. The molecule has 1 N–H and O–H groups in total. The number of benzene rings is 2. The van der Waals surface area contributed by atoms with E-state index in [4.69, 9.17) is 16.3 Å². The maximum Gasteiger partial charge on any atom is 0.255 e. The molecule has 1 amide bonds. The van der Waals surface area contributed by atoms with Crippen LogP contribution < -0.4 is 10.1 Å². The smallest absolute Gasteiger partial charge is 0.255 e. The average molecular weight is 354 g/mol. The summed E-state index contributed by atoms with van der Waals surface area (Å²) < 4.78 is 28.6. The molecular formula is C16H16ClNO4S. The van der Waals surface area contributed by atoms with E-state index in [1.54, 1.807) is 18.2 Å². The van der Waals surface area contributed by atoms with Gasteiger partial charge in [-0.1, -0.05) is 17.7 Å². The third kappa shape index (κ3) is 4.03. The third-order valence-corrected chi connectivity index (χ3v) is 4.78. The van der Waals surface area contributed by atoms with E-state index in [9.17, 15) is 13.2 Å². The van der Waals surface area contributed by atoms with E-state index in [1.807, 2.05) is 6.92 Å². The van der Waals surface area contributed by atoms with Crippen LogP contribution in [-0.2, 0) is 9.84 Å². The number of hydrogen-bond donors (Lipinski definition) is 1. The Hall–Kier alpha value is -2.05.